The minimum Gasteiger partial charge on any atom is -0.263 e. The maximum absolute atomic E-state index is 5.64. The number of rotatable bonds is 4. The van der Waals surface area contributed by atoms with Crippen molar-refractivity contribution in [3.63, 3.8) is 0 Å². The summed E-state index contributed by atoms with van der Waals surface area (Å²) in [5.74, 6) is 0.660. The minimum atomic E-state index is 0.660. The predicted octanol–water partition coefficient (Wildman–Crippen LogP) is 3.53. The third kappa shape index (κ3) is 2.99. The molecule has 0 aromatic carbocycles. The summed E-state index contributed by atoms with van der Waals surface area (Å²) >= 11 is 10.6. The highest BCUT2D eigenvalue weighted by Gasteiger charge is 2.06. The molecule has 2 heterocycles. The van der Waals surface area contributed by atoms with Gasteiger partial charge in [0.2, 0.25) is 0 Å². The van der Waals surface area contributed by atoms with Crippen LogP contribution in [-0.4, -0.2) is 21.1 Å². The van der Waals surface area contributed by atoms with E-state index in [0.29, 0.717) is 5.88 Å². The van der Waals surface area contributed by atoms with Crippen LogP contribution in [0.4, 0.5) is 0 Å². The molecule has 2 aromatic heterocycles. The molecule has 0 amide bonds. The van der Waals surface area contributed by atoms with E-state index in [1.807, 2.05) is 6.07 Å². The van der Waals surface area contributed by atoms with E-state index >= 15 is 0 Å². The Balaban J connectivity index is 2.18. The highest BCUT2D eigenvalue weighted by molar-refractivity contribution is 9.10. The van der Waals surface area contributed by atoms with Gasteiger partial charge in [0.05, 0.1) is 0 Å². The van der Waals surface area contributed by atoms with Crippen molar-refractivity contribution in [1.82, 2.24) is 15.2 Å². The van der Waals surface area contributed by atoms with Gasteiger partial charge in [-0.05, 0) is 28.4 Å². The average molecular weight is 319 g/mol. The molecular weight excluding hydrogens is 310 g/mol. The Labute approximate surface area is 111 Å². The van der Waals surface area contributed by atoms with E-state index in [4.69, 9.17) is 11.6 Å². The zero-order valence-electron chi connectivity index (χ0n) is 8.36. The highest BCUT2D eigenvalue weighted by atomic mass is 79.9. The molecule has 0 saturated heterocycles. The number of aryl methyl sites for hydroxylation is 1. The summed E-state index contributed by atoms with van der Waals surface area (Å²) in [6.45, 7) is 0. The summed E-state index contributed by atoms with van der Waals surface area (Å²) < 4.78 is 0.947. The Kier molecular flexibility index (Phi) is 4.26. The van der Waals surface area contributed by atoms with Gasteiger partial charge in [-0.3, -0.25) is 4.98 Å². The Morgan fingerprint density at radius 2 is 2.19 bits per heavy atom. The van der Waals surface area contributed by atoms with Crippen molar-refractivity contribution >= 4 is 38.9 Å². The SMILES string of the molecule is ClCCCc1nnc(-c2cncc(Br)c2)s1. The topological polar surface area (TPSA) is 38.7 Å². The van der Waals surface area contributed by atoms with Crippen molar-refractivity contribution in [1.29, 1.82) is 0 Å². The van der Waals surface area contributed by atoms with E-state index in [0.717, 1.165) is 32.9 Å². The molecule has 2 rings (SSSR count). The van der Waals surface area contributed by atoms with E-state index in [9.17, 15) is 0 Å². The molecular formula is C10H9BrClN3S. The number of hydrogen-bond donors (Lipinski definition) is 0. The van der Waals surface area contributed by atoms with Gasteiger partial charge in [0, 0.05) is 34.7 Å². The molecule has 0 unspecified atom stereocenters. The molecule has 3 nitrogen and oxygen atoms in total. The molecule has 0 bridgehead atoms. The second-order valence-corrected chi connectivity index (χ2v) is 5.54. The van der Waals surface area contributed by atoms with E-state index in [2.05, 4.69) is 31.1 Å². The summed E-state index contributed by atoms with van der Waals surface area (Å²) in [5, 5.41) is 10.2. The number of alkyl halides is 1. The smallest absolute Gasteiger partial charge is 0.149 e. The number of nitrogens with zero attached hydrogens (tertiary/aromatic N) is 3. The molecule has 2 aromatic rings. The van der Waals surface area contributed by atoms with Crippen LogP contribution in [0.2, 0.25) is 0 Å². The molecule has 0 N–H and O–H groups in total. The number of hydrogen-bond acceptors (Lipinski definition) is 4. The molecule has 84 valence electrons. The average Bonchev–Trinajstić information content (AvgIpc) is 2.75. The van der Waals surface area contributed by atoms with Crippen LogP contribution < -0.4 is 0 Å². The van der Waals surface area contributed by atoms with Gasteiger partial charge in [0.1, 0.15) is 10.0 Å². The second-order valence-electron chi connectivity index (χ2n) is 3.19. The zero-order chi connectivity index (χ0) is 11.4. The van der Waals surface area contributed by atoms with Crippen molar-refractivity contribution in [2.75, 3.05) is 5.88 Å². The summed E-state index contributed by atoms with van der Waals surface area (Å²) in [5.41, 5.74) is 0.990. The predicted molar refractivity (Wildman–Crippen MR) is 69.9 cm³/mol. The molecule has 0 spiro atoms. The van der Waals surface area contributed by atoms with Crippen LogP contribution in [0.15, 0.2) is 22.9 Å². The third-order valence-corrected chi connectivity index (χ3v) is 3.68. The molecule has 0 aliphatic heterocycles. The largest absolute Gasteiger partial charge is 0.263 e. The molecule has 0 radical (unpaired) electrons. The molecule has 6 heteroatoms. The molecule has 0 fully saturated rings. The quantitative estimate of drug-likeness (QED) is 0.809. The van der Waals surface area contributed by atoms with Crippen molar-refractivity contribution in [3.8, 4) is 10.6 Å². The second kappa shape index (κ2) is 5.70. The Morgan fingerprint density at radius 3 is 2.94 bits per heavy atom. The monoisotopic (exact) mass is 317 g/mol. The summed E-state index contributed by atoms with van der Waals surface area (Å²) in [6.07, 6.45) is 5.37. The first-order valence-corrected chi connectivity index (χ1v) is 6.93. The lowest BCUT2D eigenvalue weighted by Crippen LogP contribution is -1.84. The maximum Gasteiger partial charge on any atom is 0.149 e. The molecule has 0 atom stereocenters. The fraction of sp³-hybridized carbons (Fsp3) is 0.300. The summed E-state index contributed by atoms with van der Waals surface area (Å²) in [4.78, 5) is 4.10. The minimum absolute atomic E-state index is 0.660. The fourth-order valence-electron chi connectivity index (χ4n) is 1.22. The molecule has 0 aliphatic rings. The van der Waals surface area contributed by atoms with Crippen LogP contribution in [0.1, 0.15) is 11.4 Å². The Morgan fingerprint density at radius 1 is 1.31 bits per heavy atom. The standard InChI is InChI=1S/C10H9BrClN3S/c11-8-4-7(5-13-6-8)10-15-14-9(16-10)2-1-3-12/h4-6H,1-3H2. The van der Waals surface area contributed by atoms with Gasteiger partial charge in [-0.25, -0.2) is 0 Å². The fourth-order valence-corrected chi connectivity index (χ4v) is 2.58. The highest BCUT2D eigenvalue weighted by Crippen LogP contribution is 2.25. The number of halogens is 2. The van der Waals surface area contributed by atoms with Crippen LogP contribution in [0.3, 0.4) is 0 Å². The van der Waals surface area contributed by atoms with Crippen LogP contribution >= 0.6 is 38.9 Å². The first kappa shape index (κ1) is 12.0. The van der Waals surface area contributed by atoms with Gasteiger partial charge in [-0.15, -0.1) is 21.8 Å². The van der Waals surface area contributed by atoms with Crippen LogP contribution in [0.5, 0.6) is 0 Å². The number of pyridine rings is 1. The lowest BCUT2D eigenvalue weighted by molar-refractivity contribution is 0.884. The normalized spacial score (nSPS) is 10.6. The van der Waals surface area contributed by atoms with Gasteiger partial charge < -0.3 is 0 Å². The van der Waals surface area contributed by atoms with Crippen molar-refractivity contribution in [3.05, 3.63) is 27.9 Å². The van der Waals surface area contributed by atoms with Crippen molar-refractivity contribution in [2.24, 2.45) is 0 Å². The van der Waals surface area contributed by atoms with Crippen LogP contribution in [0.25, 0.3) is 10.6 Å². The zero-order valence-corrected chi connectivity index (χ0v) is 11.5. The van der Waals surface area contributed by atoms with Crippen LogP contribution in [0, 0.1) is 0 Å². The third-order valence-electron chi connectivity index (χ3n) is 1.94. The lowest BCUT2D eigenvalue weighted by Gasteiger charge is -1.94. The van der Waals surface area contributed by atoms with Gasteiger partial charge in [0.15, 0.2) is 0 Å². The molecule has 0 saturated carbocycles. The Hall–Kier alpha value is -0.520. The first-order valence-electron chi connectivity index (χ1n) is 4.79. The van der Waals surface area contributed by atoms with Crippen LogP contribution in [-0.2, 0) is 6.42 Å². The van der Waals surface area contributed by atoms with Crippen molar-refractivity contribution < 1.29 is 0 Å². The maximum atomic E-state index is 5.64. The van der Waals surface area contributed by atoms with E-state index < -0.39 is 0 Å². The lowest BCUT2D eigenvalue weighted by atomic mass is 10.3. The van der Waals surface area contributed by atoms with E-state index in [1.54, 1.807) is 23.7 Å². The Bertz CT molecular complexity index is 475. The number of aromatic nitrogens is 3. The van der Waals surface area contributed by atoms with E-state index in [1.165, 1.54) is 0 Å². The summed E-state index contributed by atoms with van der Waals surface area (Å²) in [7, 11) is 0. The van der Waals surface area contributed by atoms with E-state index in [-0.39, 0.29) is 0 Å². The first-order chi connectivity index (χ1) is 7.79. The van der Waals surface area contributed by atoms with Crippen molar-refractivity contribution in [2.45, 2.75) is 12.8 Å². The summed E-state index contributed by atoms with van der Waals surface area (Å²) in [6, 6.07) is 1.98. The van der Waals surface area contributed by atoms with Gasteiger partial charge >= 0.3 is 0 Å². The van der Waals surface area contributed by atoms with Gasteiger partial charge in [-0.2, -0.15) is 0 Å². The molecule has 16 heavy (non-hydrogen) atoms. The van der Waals surface area contributed by atoms with Gasteiger partial charge in [-0.1, -0.05) is 11.3 Å². The van der Waals surface area contributed by atoms with Gasteiger partial charge in [0.25, 0.3) is 0 Å². The molecule has 0 aliphatic carbocycles.